The SMILES string of the molecule is CC1(C)N([O])C(c2ccc(C#Cc3cccc(C4=[N+]([O-])C(C)(C)C(C)(C)N4[O])c3)cc2)=[N+]([O-])C1(C)C. The first-order valence-corrected chi connectivity index (χ1v) is 11.9. The predicted octanol–water partition coefficient (Wildman–Crippen LogP) is 4.04. The van der Waals surface area contributed by atoms with Crippen LogP contribution in [-0.2, 0) is 10.4 Å². The summed E-state index contributed by atoms with van der Waals surface area (Å²) in [6, 6.07) is 14.0. The van der Waals surface area contributed by atoms with Crippen LogP contribution in [0.25, 0.3) is 0 Å². The number of hydrogen-bond donors (Lipinski definition) is 0. The maximum absolute atomic E-state index is 13.0. The zero-order valence-electron chi connectivity index (χ0n) is 22.0. The summed E-state index contributed by atoms with van der Waals surface area (Å²) in [6.45, 7) is 14.1. The van der Waals surface area contributed by atoms with Gasteiger partial charge in [-0.3, -0.25) is 9.48 Å². The summed E-state index contributed by atoms with van der Waals surface area (Å²) in [4.78, 5) is 0. The highest BCUT2D eigenvalue weighted by Crippen LogP contribution is 2.38. The third-order valence-electron chi connectivity index (χ3n) is 8.41. The molecule has 0 atom stereocenters. The van der Waals surface area contributed by atoms with Gasteiger partial charge in [-0.05, 0) is 97.9 Å². The zero-order chi connectivity index (χ0) is 26.8. The fourth-order valence-corrected chi connectivity index (χ4v) is 4.27. The molecule has 8 nitrogen and oxygen atoms in total. The Kier molecular flexibility index (Phi) is 5.67. The van der Waals surface area contributed by atoms with E-state index in [4.69, 9.17) is 0 Å². The maximum atomic E-state index is 13.0. The van der Waals surface area contributed by atoms with Crippen LogP contribution >= 0.6 is 0 Å². The Bertz CT molecular complexity index is 1340. The highest BCUT2D eigenvalue weighted by atomic mass is 16.5. The highest BCUT2D eigenvalue weighted by Gasteiger charge is 2.60. The molecule has 0 unspecified atom stereocenters. The number of hydrogen-bond acceptors (Lipinski definition) is 4. The van der Waals surface area contributed by atoms with Gasteiger partial charge in [-0.25, -0.2) is 0 Å². The lowest BCUT2D eigenvalue weighted by molar-refractivity contribution is -0.539. The smallest absolute Gasteiger partial charge is 0.316 e. The Labute approximate surface area is 212 Å². The van der Waals surface area contributed by atoms with Crippen LogP contribution in [0.15, 0.2) is 48.5 Å². The second kappa shape index (κ2) is 7.99. The minimum absolute atomic E-state index is 0.0711. The summed E-state index contributed by atoms with van der Waals surface area (Å²) in [6.07, 6.45) is 0. The van der Waals surface area contributed by atoms with Crippen molar-refractivity contribution in [3.05, 3.63) is 81.2 Å². The van der Waals surface area contributed by atoms with Crippen LogP contribution in [0.4, 0.5) is 0 Å². The fraction of sp³-hybridized carbons (Fsp3) is 0.429. The van der Waals surface area contributed by atoms with Gasteiger partial charge in [-0.15, -0.1) is 0 Å². The van der Waals surface area contributed by atoms with E-state index in [9.17, 15) is 20.8 Å². The number of amidine groups is 2. The van der Waals surface area contributed by atoms with Gasteiger partial charge in [0.15, 0.2) is 11.1 Å². The molecule has 2 aliphatic rings. The molecule has 2 heterocycles. The van der Waals surface area contributed by atoms with Crippen LogP contribution in [-0.4, -0.2) is 53.4 Å². The molecule has 188 valence electrons. The van der Waals surface area contributed by atoms with Gasteiger partial charge in [0.2, 0.25) is 0 Å². The average Bonchev–Trinajstić information content (AvgIpc) is 3.02. The quantitative estimate of drug-likeness (QED) is 0.362. The molecular weight excluding hydrogens is 456 g/mol. The molecule has 0 spiro atoms. The number of rotatable bonds is 2. The lowest BCUT2D eigenvalue weighted by atomic mass is 9.84. The predicted molar refractivity (Wildman–Crippen MR) is 136 cm³/mol. The molecule has 0 N–H and O–H groups in total. The number of nitrogens with zero attached hydrogens (tertiary/aromatic N) is 4. The van der Waals surface area contributed by atoms with E-state index in [1.165, 1.54) is 0 Å². The van der Waals surface area contributed by atoms with Crippen molar-refractivity contribution < 1.29 is 19.9 Å². The molecule has 36 heavy (non-hydrogen) atoms. The van der Waals surface area contributed by atoms with Crippen LogP contribution in [0.1, 0.15) is 77.6 Å². The number of hydroxylamine groups is 6. The van der Waals surface area contributed by atoms with Crippen molar-refractivity contribution in [3.8, 4) is 11.8 Å². The molecule has 2 aromatic carbocycles. The van der Waals surface area contributed by atoms with Gasteiger partial charge in [0.1, 0.15) is 11.1 Å². The van der Waals surface area contributed by atoms with Crippen molar-refractivity contribution in [1.29, 1.82) is 0 Å². The van der Waals surface area contributed by atoms with Gasteiger partial charge in [-0.2, -0.15) is 0 Å². The summed E-state index contributed by atoms with van der Waals surface area (Å²) in [5.74, 6) is 6.30. The Hall–Kier alpha value is -3.54. The average molecular weight is 489 g/mol. The summed E-state index contributed by atoms with van der Waals surface area (Å²) in [7, 11) is 0. The topological polar surface area (TPSA) is 98.4 Å². The Morgan fingerprint density at radius 2 is 1.08 bits per heavy atom. The van der Waals surface area contributed by atoms with Crippen LogP contribution in [0.3, 0.4) is 0 Å². The molecule has 0 amide bonds. The molecule has 0 aliphatic carbocycles. The third kappa shape index (κ3) is 3.46. The van der Waals surface area contributed by atoms with Gasteiger partial charge >= 0.3 is 11.7 Å². The van der Waals surface area contributed by atoms with Gasteiger partial charge in [0.25, 0.3) is 0 Å². The summed E-state index contributed by atoms with van der Waals surface area (Å²) in [5, 5.41) is 53.2. The standard InChI is InChI=1S/C28H32N4O4/c1-25(2)26(3,4)30(34)23(29(25)33)21-16-14-19(15-17-21)12-13-20-10-9-11-22(18-20)24-31(35)27(5,6)28(7,8)32(24)36/h9-11,14-18H,1-8H3. The molecule has 2 aliphatic heterocycles. The monoisotopic (exact) mass is 488 g/mol. The van der Waals surface area contributed by atoms with Crippen molar-refractivity contribution in [2.45, 2.75) is 77.5 Å². The minimum atomic E-state index is -0.894. The van der Waals surface area contributed by atoms with Crippen molar-refractivity contribution >= 4 is 11.7 Å². The summed E-state index contributed by atoms with van der Waals surface area (Å²) in [5.41, 5.74) is -1.16. The molecule has 2 radical (unpaired) electrons. The molecular formula is C28H32N4O4. The van der Waals surface area contributed by atoms with Crippen LogP contribution in [0.5, 0.6) is 0 Å². The minimum Gasteiger partial charge on any atom is -0.714 e. The molecule has 0 saturated carbocycles. The zero-order valence-corrected chi connectivity index (χ0v) is 22.0. The fourth-order valence-electron chi connectivity index (χ4n) is 4.27. The van der Waals surface area contributed by atoms with E-state index in [1.807, 2.05) is 6.07 Å². The van der Waals surface area contributed by atoms with E-state index in [0.29, 0.717) is 22.3 Å². The second-order valence-electron chi connectivity index (χ2n) is 11.5. The van der Waals surface area contributed by atoms with Crippen LogP contribution in [0.2, 0.25) is 0 Å². The van der Waals surface area contributed by atoms with Crippen LogP contribution in [0, 0.1) is 22.3 Å². The molecule has 0 saturated heterocycles. The Morgan fingerprint density at radius 3 is 1.53 bits per heavy atom. The Morgan fingerprint density at radius 1 is 0.639 bits per heavy atom. The van der Waals surface area contributed by atoms with Crippen molar-refractivity contribution in [1.82, 2.24) is 10.1 Å². The van der Waals surface area contributed by atoms with E-state index in [2.05, 4.69) is 11.8 Å². The molecule has 0 fully saturated rings. The van der Waals surface area contributed by atoms with E-state index in [-0.39, 0.29) is 11.7 Å². The second-order valence-corrected chi connectivity index (χ2v) is 11.5. The molecule has 4 rings (SSSR count). The third-order valence-corrected chi connectivity index (χ3v) is 8.41. The van der Waals surface area contributed by atoms with Crippen molar-refractivity contribution in [3.63, 3.8) is 0 Å². The van der Waals surface area contributed by atoms with Gasteiger partial charge < -0.3 is 10.4 Å². The molecule has 8 heteroatoms. The highest BCUT2D eigenvalue weighted by molar-refractivity contribution is 5.97. The first kappa shape index (κ1) is 25.5. The first-order valence-electron chi connectivity index (χ1n) is 11.9. The molecule has 0 bridgehead atoms. The van der Waals surface area contributed by atoms with E-state index in [0.717, 1.165) is 19.6 Å². The molecule has 0 aromatic heterocycles. The Balaban J connectivity index is 1.62. The molecule has 2 aromatic rings. The number of benzene rings is 2. The van der Waals surface area contributed by atoms with Gasteiger partial charge in [0.05, 0.1) is 11.1 Å². The van der Waals surface area contributed by atoms with E-state index < -0.39 is 22.2 Å². The normalized spacial score (nSPS) is 21.6. The first-order chi connectivity index (χ1) is 16.5. The summed E-state index contributed by atoms with van der Waals surface area (Å²) < 4.78 is 1.57. The van der Waals surface area contributed by atoms with Crippen LogP contribution < -0.4 is 0 Å². The maximum Gasteiger partial charge on any atom is 0.316 e. The van der Waals surface area contributed by atoms with Crippen molar-refractivity contribution in [2.24, 2.45) is 0 Å². The van der Waals surface area contributed by atoms with E-state index in [1.54, 1.807) is 97.9 Å². The lowest BCUT2D eigenvalue weighted by Crippen LogP contribution is -2.53. The van der Waals surface area contributed by atoms with Gasteiger partial charge in [0, 0.05) is 21.5 Å². The lowest BCUT2D eigenvalue weighted by Gasteiger charge is -2.32. The largest absolute Gasteiger partial charge is 0.714 e. The van der Waals surface area contributed by atoms with Crippen molar-refractivity contribution in [2.75, 3.05) is 0 Å². The van der Waals surface area contributed by atoms with E-state index >= 15 is 0 Å². The summed E-state index contributed by atoms with van der Waals surface area (Å²) >= 11 is 0. The van der Waals surface area contributed by atoms with Gasteiger partial charge in [-0.1, -0.05) is 28.0 Å².